The van der Waals surface area contributed by atoms with Gasteiger partial charge in [0.05, 0.1) is 39.0 Å². The first kappa shape index (κ1) is 32.1. The second-order valence-corrected chi connectivity index (χ2v) is 12.6. The van der Waals surface area contributed by atoms with Crippen LogP contribution in [0.3, 0.4) is 0 Å². The summed E-state index contributed by atoms with van der Waals surface area (Å²) < 4.78 is 24.5. The van der Waals surface area contributed by atoms with Crippen LogP contribution in [0.25, 0.3) is 33.4 Å². The fourth-order valence-electron chi connectivity index (χ4n) is 5.01. The third kappa shape index (κ3) is 6.87. The lowest BCUT2D eigenvalue weighted by atomic mass is 10.0. The Kier molecular flexibility index (Phi) is 9.28. The van der Waals surface area contributed by atoms with Gasteiger partial charge in [-0.05, 0) is 81.8 Å². The molecule has 0 fully saturated rings. The van der Waals surface area contributed by atoms with Gasteiger partial charge in [-0.1, -0.05) is 60.4 Å². The predicted octanol–water partition coefficient (Wildman–Crippen LogP) is 9.93. The molecule has 10 heteroatoms. The topological polar surface area (TPSA) is 92.8 Å². The molecule has 234 valence electrons. The van der Waals surface area contributed by atoms with Crippen LogP contribution in [0.1, 0.15) is 69.1 Å². The summed E-state index contributed by atoms with van der Waals surface area (Å²) in [7, 11) is 0. The fourth-order valence-corrected chi connectivity index (χ4v) is 5.59. The highest BCUT2D eigenvalue weighted by atomic mass is 35.5. The zero-order chi connectivity index (χ0) is 32.5. The van der Waals surface area contributed by atoms with Crippen molar-refractivity contribution in [3.63, 3.8) is 0 Å². The maximum absolute atomic E-state index is 13.5. The van der Waals surface area contributed by atoms with Crippen LogP contribution in [-0.2, 0) is 16.1 Å². The van der Waals surface area contributed by atoms with E-state index in [0.29, 0.717) is 55.1 Å². The molecule has 0 saturated carbocycles. The molecule has 45 heavy (non-hydrogen) atoms. The van der Waals surface area contributed by atoms with Crippen LogP contribution in [0.4, 0.5) is 4.79 Å². The number of carbonyl (C=O) groups is 2. The fraction of sp³-hybridized carbons (Fsp3) is 0.286. The number of fused-ring (bicyclic) bond motifs is 1. The van der Waals surface area contributed by atoms with E-state index < -0.39 is 17.7 Å². The zero-order valence-electron chi connectivity index (χ0n) is 25.9. The summed E-state index contributed by atoms with van der Waals surface area (Å²) in [5.74, 6) is 0.816. The molecule has 0 aliphatic carbocycles. The average Bonchev–Trinajstić information content (AvgIpc) is 3.57. The molecule has 0 saturated heterocycles. The van der Waals surface area contributed by atoms with Gasteiger partial charge < -0.3 is 18.7 Å². The average molecular weight is 650 g/mol. The Balaban J connectivity index is 1.55. The Morgan fingerprint density at radius 1 is 0.978 bits per heavy atom. The quantitative estimate of drug-likeness (QED) is 0.155. The van der Waals surface area contributed by atoms with E-state index in [2.05, 4.69) is 5.16 Å². The van der Waals surface area contributed by atoms with Crippen LogP contribution < -0.4 is 4.74 Å². The van der Waals surface area contributed by atoms with E-state index in [1.165, 1.54) is 4.57 Å². The van der Waals surface area contributed by atoms with E-state index in [4.69, 9.17) is 41.9 Å². The first-order chi connectivity index (χ1) is 21.4. The molecule has 0 spiro atoms. The van der Waals surface area contributed by atoms with E-state index in [-0.39, 0.29) is 19.1 Å². The minimum atomic E-state index is -0.726. The summed E-state index contributed by atoms with van der Waals surface area (Å²) in [5, 5.41) is 5.95. The van der Waals surface area contributed by atoms with Crippen LogP contribution in [0, 0.1) is 0 Å². The third-order valence-electron chi connectivity index (χ3n) is 6.94. The molecule has 0 radical (unpaired) electrons. The summed E-state index contributed by atoms with van der Waals surface area (Å²) in [5.41, 5.74) is 3.31. The Morgan fingerprint density at radius 3 is 2.36 bits per heavy atom. The van der Waals surface area contributed by atoms with Gasteiger partial charge in [-0.15, -0.1) is 0 Å². The van der Waals surface area contributed by atoms with Crippen molar-refractivity contribution >= 4 is 46.2 Å². The van der Waals surface area contributed by atoms with Gasteiger partial charge in [-0.3, -0.25) is 0 Å². The van der Waals surface area contributed by atoms with Gasteiger partial charge >= 0.3 is 12.1 Å². The molecule has 0 bridgehead atoms. The predicted molar refractivity (Wildman–Crippen MR) is 175 cm³/mol. The van der Waals surface area contributed by atoms with Crippen LogP contribution in [0.2, 0.25) is 10.0 Å². The van der Waals surface area contributed by atoms with Crippen molar-refractivity contribution in [2.75, 3.05) is 6.61 Å². The number of hydrogen-bond donors (Lipinski definition) is 0. The number of ether oxygens (including phenoxy) is 3. The highest BCUT2D eigenvalue weighted by molar-refractivity contribution is 6.39. The number of halogens is 2. The van der Waals surface area contributed by atoms with E-state index in [1.807, 2.05) is 52.8 Å². The molecule has 0 N–H and O–H groups in total. The molecule has 0 atom stereocenters. The van der Waals surface area contributed by atoms with Gasteiger partial charge in [0.1, 0.15) is 29.4 Å². The lowest BCUT2D eigenvalue weighted by Crippen LogP contribution is -2.27. The van der Waals surface area contributed by atoms with E-state index in [1.54, 1.807) is 55.5 Å². The molecule has 0 aliphatic rings. The molecule has 3 aromatic carbocycles. The van der Waals surface area contributed by atoms with Crippen molar-refractivity contribution in [2.24, 2.45) is 0 Å². The summed E-state index contributed by atoms with van der Waals surface area (Å²) in [6.07, 6.45) is -0.546. The molecular weight excluding hydrogens is 615 g/mol. The number of benzene rings is 3. The number of esters is 1. The number of carbonyl (C=O) groups excluding carboxylic acids is 2. The van der Waals surface area contributed by atoms with Gasteiger partial charge in [0.15, 0.2) is 0 Å². The molecular formula is C35H34Cl2N2O6. The molecule has 5 rings (SSSR count). The minimum absolute atomic E-state index is 0.0318. The number of rotatable bonds is 8. The van der Waals surface area contributed by atoms with Crippen molar-refractivity contribution in [1.82, 2.24) is 9.72 Å². The molecule has 5 aromatic rings. The first-order valence-electron chi connectivity index (χ1n) is 14.6. The monoisotopic (exact) mass is 648 g/mol. The van der Waals surface area contributed by atoms with Crippen LogP contribution in [-0.4, -0.2) is 34.0 Å². The maximum atomic E-state index is 13.5. The van der Waals surface area contributed by atoms with E-state index in [9.17, 15) is 9.59 Å². The second-order valence-electron chi connectivity index (χ2n) is 11.8. The number of aromatic nitrogens is 2. The Labute approximate surface area is 271 Å². The number of nitrogens with zero attached hydrogens (tertiary/aromatic N) is 2. The van der Waals surface area contributed by atoms with Crippen LogP contribution in [0.15, 0.2) is 71.3 Å². The van der Waals surface area contributed by atoms with Crippen molar-refractivity contribution in [3.8, 4) is 28.3 Å². The van der Waals surface area contributed by atoms with Crippen molar-refractivity contribution < 1.29 is 28.3 Å². The van der Waals surface area contributed by atoms with Crippen LogP contribution >= 0.6 is 23.2 Å². The Bertz CT molecular complexity index is 1860. The lowest BCUT2D eigenvalue weighted by molar-refractivity contribution is 0.0523. The van der Waals surface area contributed by atoms with Gasteiger partial charge in [-0.25, -0.2) is 14.2 Å². The SMILES string of the molecule is CCOC(=O)c1cccc(-c2cc3cc(OCc4c(-c5c(Cl)cccc5Cl)noc4C(C)C)ccc3n2C(=O)OC(C)(C)C)c1. The zero-order valence-corrected chi connectivity index (χ0v) is 27.5. The molecule has 0 aliphatic heterocycles. The highest BCUT2D eigenvalue weighted by Gasteiger charge is 2.26. The van der Waals surface area contributed by atoms with E-state index >= 15 is 0 Å². The molecule has 0 unspecified atom stereocenters. The minimum Gasteiger partial charge on any atom is -0.489 e. The molecule has 0 amide bonds. The van der Waals surface area contributed by atoms with Crippen LogP contribution in [0.5, 0.6) is 5.75 Å². The standard InChI is InChI=1S/C35H34Cl2N2O6/c1-7-42-33(40)22-11-8-10-21(16-22)29-18-23-17-24(14-15-28(23)39(29)34(41)44-35(4,5)6)43-19-25-31(38-45-32(25)20(2)3)30-26(36)12-9-13-27(30)37/h8-18,20H,7,19H2,1-6H3. The van der Waals surface area contributed by atoms with Gasteiger partial charge in [0, 0.05) is 16.9 Å². The normalized spacial score (nSPS) is 11.7. The Hall–Kier alpha value is -4.27. The first-order valence-corrected chi connectivity index (χ1v) is 15.4. The molecule has 2 aromatic heterocycles. The summed E-state index contributed by atoms with van der Waals surface area (Å²) in [6.45, 7) is 11.6. The molecule has 2 heterocycles. The molecule has 8 nitrogen and oxygen atoms in total. The summed E-state index contributed by atoms with van der Waals surface area (Å²) in [6, 6.07) is 19.5. The highest BCUT2D eigenvalue weighted by Crippen LogP contribution is 2.39. The Morgan fingerprint density at radius 2 is 1.69 bits per heavy atom. The van der Waals surface area contributed by atoms with Gasteiger partial charge in [0.2, 0.25) is 0 Å². The van der Waals surface area contributed by atoms with Crippen molar-refractivity contribution in [2.45, 2.75) is 59.7 Å². The van der Waals surface area contributed by atoms with E-state index in [0.717, 1.165) is 10.9 Å². The van der Waals surface area contributed by atoms with Gasteiger partial charge in [-0.2, -0.15) is 0 Å². The number of hydrogen-bond acceptors (Lipinski definition) is 7. The lowest BCUT2D eigenvalue weighted by Gasteiger charge is -2.21. The maximum Gasteiger partial charge on any atom is 0.419 e. The van der Waals surface area contributed by atoms with Crippen molar-refractivity contribution in [3.05, 3.63) is 93.7 Å². The second kappa shape index (κ2) is 13.0. The summed E-state index contributed by atoms with van der Waals surface area (Å²) >= 11 is 13.0. The summed E-state index contributed by atoms with van der Waals surface area (Å²) in [4.78, 5) is 26.0. The smallest absolute Gasteiger partial charge is 0.419 e. The third-order valence-corrected chi connectivity index (χ3v) is 7.57. The van der Waals surface area contributed by atoms with Crippen molar-refractivity contribution in [1.29, 1.82) is 0 Å². The largest absolute Gasteiger partial charge is 0.489 e. The van der Waals surface area contributed by atoms with Gasteiger partial charge in [0.25, 0.3) is 0 Å².